The van der Waals surface area contributed by atoms with Crippen molar-refractivity contribution in [1.82, 2.24) is 15.1 Å². The van der Waals surface area contributed by atoms with Gasteiger partial charge in [0.25, 0.3) is 0 Å². The molecule has 0 saturated carbocycles. The molecule has 1 amide bonds. The van der Waals surface area contributed by atoms with E-state index < -0.39 is 0 Å². The Morgan fingerprint density at radius 3 is 2.94 bits per heavy atom. The first-order valence-electron chi connectivity index (χ1n) is 6.52. The third kappa shape index (κ3) is 2.68. The maximum atomic E-state index is 11.4. The van der Waals surface area contributed by atoms with Gasteiger partial charge in [0, 0.05) is 19.2 Å². The van der Waals surface area contributed by atoms with Gasteiger partial charge in [-0.15, -0.1) is 0 Å². The smallest absolute Gasteiger partial charge is 0.220 e. The SMILES string of the molecule is CCCC(=O)NCc1nn(C)c2c1CCCC2. The second kappa shape index (κ2) is 5.34. The Bertz CT molecular complexity index is 409. The fraction of sp³-hybridized carbons (Fsp3) is 0.692. The Kier molecular flexibility index (Phi) is 3.82. The quantitative estimate of drug-likeness (QED) is 0.863. The van der Waals surface area contributed by atoms with Crippen molar-refractivity contribution in [2.45, 2.75) is 52.0 Å². The summed E-state index contributed by atoms with van der Waals surface area (Å²) in [6, 6.07) is 0. The van der Waals surface area contributed by atoms with Gasteiger partial charge in [0.1, 0.15) is 0 Å². The maximum Gasteiger partial charge on any atom is 0.220 e. The van der Waals surface area contributed by atoms with Crippen LogP contribution in [0.1, 0.15) is 49.6 Å². The molecule has 1 N–H and O–H groups in total. The molecule has 0 unspecified atom stereocenters. The largest absolute Gasteiger partial charge is 0.350 e. The van der Waals surface area contributed by atoms with Crippen molar-refractivity contribution in [2.24, 2.45) is 7.05 Å². The molecule has 1 aliphatic carbocycles. The second-order valence-corrected chi connectivity index (χ2v) is 4.73. The first-order chi connectivity index (χ1) is 8.22. The molecule has 0 fully saturated rings. The molecule has 0 saturated heterocycles. The number of nitrogens with zero attached hydrogens (tertiary/aromatic N) is 2. The van der Waals surface area contributed by atoms with Gasteiger partial charge in [-0.25, -0.2) is 0 Å². The van der Waals surface area contributed by atoms with Crippen LogP contribution in [0.15, 0.2) is 0 Å². The highest BCUT2D eigenvalue weighted by atomic mass is 16.1. The van der Waals surface area contributed by atoms with Gasteiger partial charge >= 0.3 is 0 Å². The number of carbonyl (C=O) groups excluding carboxylic acids is 1. The molecule has 0 spiro atoms. The monoisotopic (exact) mass is 235 g/mol. The number of carbonyl (C=O) groups is 1. The molecule has 0 bridgehead atoms. The van der Waals surface area contributed by atoms with Crippen LogP contribution in [0.4, 0.5) is 0 Å². The van der Waals surface area contributed by atoms with E-state index in [0.29, 0.717) is 13.0 Å². The number of amides is 1. The molecule has 0 aromatic carbocycles. The normalized spacial score (nSPS) is 14.5. The van der Waals surface area contributed by atoms with Crippen LogP contribution in [-0.4, -0.2) is 15.7 Å². The average Bonchev–Trinajstić information content (AvgIpc) is 2.65. The summed E-state index contributed by atoms with van der Waals surface area (Å²) in [4.78, 5) is 11.4. The first kappa shape index (κ1) is 12.1. The third-order valence-corrected chi connectivity index (χ3v) is 3.38. The number of fused-ring (bicyclic) bond motifs is 1. The lowest BCUT2D eigenvalue weighted by molar-refractivity contribution is -0.121. The van der Waals surface area contributed by atoms with E-state index in [0.717, 1.165) is 25.0 Å². The minimum Gasteiger partial charge on any atom is -0.350 e. The number of aromatic nitrogens is 2. The van der Waals surface area contributed by atoms with E-state index in [1.54, 1.807) is 0 Å². The summed E-state index contributed by atoms with van der Waals surface area (Å²) in [6.45, 7) is 2.60. The predicted octanol–water partition coefficient (Wildman–Crippen LogP) is 1.72. The van der Waals surface area contributed by atoms with Crippen LogP contribution in [0.5, 0.6) is 0 Å². The van der Waals surface area contributed by atoms with Crippen LogP contribution < -0.4 is 5.32 Å². The van der Waals surface area contributed by atoms with Crippen molar-refractivity contribution < 1.29 is 4.79 Å². The zero-order chi connectivity index (χ0) is 12.3. The average molecular weight is 235 g/mol. The summed E-state index contributed by atoms with van der Waals surface area (Å²) in [5.74, 6) is 0.128. The number of hydrogen-bond donors (Lipinski definition) is 1. The fourth-order valence-electron chi connectivity index (χ4n) is 2.50. The lowest BCUT2D eigenvalue weighted by Gasteiger charge is -2.12. The van der Waals surface area contributed by atoms with Crippen LogP contribution in [0.2, 0.25) is 0 Å². The molecule has 1 aromatic rings. The van der Waals surface area contributed by atoms with Gasteiger partial charge in [-0.2, -0.15) is 5.10 Å². The highest BCUT2D eigenvalue weighted by molar-refractivity contribution is 5.75. The van der Waals surface area contributed by atoms with Gasteiger partial charge in [-0.1, -0.05) is 6.92 Å². The maximum absolute atomic E-state index is 11.4. The summed E-state index contributed by atoms with van der Waals surface area (Å²) in [7, 11) is 2.00. The molecule has 2 rings (SSSR count). The van der Waals surface area contributed by atoms with E-state index in [9.17, 15) is 4.79 Å². The molecule has 0 atom stereocenters. The highest BCUT2D eigenvalue weighted by Crippen LogP contribution is 2.23. The topological polar surface area (TPSA) is 46.9 Å². The first-order valence-corrected chi connectivity index (χ1v) is 6.52. The van der Waals surface area contributed by atoms with Crippen LogP contribution in [0, 0.1) is 0 Å². The lowest BCUT2D eigenvalue weighted by Crippen LogP contribution is -2.23. The summed E-state index contributed by atoms with van der Waals surface area (Å²) in [5, 5.41) is 7.47. The molecule has 4 nitrogen and oxygen atoms in total. The van der Waals surface area contributed by atoms with E-state index in [-0.39, 0.29) is 5.91 Å². The van der Waals surface area contributed by atoms with Crippen molar-refractivity contribution in [3.8, 4) is 0 Å². The minimum absolute atomic E-state index is 0.128. The summed E-state index contributed by atoms with van der Waals surface area (Å²) in [5.41, 5.74) is 3.79. The second-order valence-electron chi connectivity index (χ2n) is 4.73. The standard InChI is InChI=1S/C13H21N3O/c1-3-6-13(17)14-9-11-10-7-4-5-8-12(10)16(2)15-11/h3-9H2,1-2H3,(H,14,17). The van der Waals surface area contributed by atoms with E-state index in [4.69, 9.17) is 0 Å². The molecule has 1 aromatic heterocycles. The van der Waals surface area contributed by atoms with Crippen LogP contribution in [0.25, 0.3) is 0 Å². The van der Waals surface area contributed by atoms with E-state index in [1.807, 2.05) is 18.7 Å². The van der Waals surface area contributed by atoms with Gasteiger partial charge in [-0.05, 0) is 37.7 Å². The van der Waals surface area contributed by atoms with Crippen LogP contribution >= 0.6 is 0 Å². The summed E-state index contributed by atoms with van der Waals surface area (Å²) >= 11 is 0. The molecule has 0 aliphatic heterocycles. The zero-order valence-corrected chi connectivity index (χ0v) is 10.8. The van der Waals surface area contributed by atoms with Crippen LogP contribution in [-0.2, 0) is 31.2 Å². The Morgan fingerprint density at radius 1 is 1.41 bits per heavy atom. The molecule has 1 heterocycles. The van der Waals surface area contributed by atoms with Gasteiger partial charge in [0.15, 0.2) is 0 Å². The van der Waals surface area contributed by atoms with Gasteiger partial charge in [-0.3, -0.25) is 9.48 Å². The molecule has 4 heteroatoms. The van der Waals surface area contributed by atoms with E-state index >= 15 is 0 Å². The van der Waals surface area contributed by atoms with Crippen LogP contribution in [0.3, 0.4) is 0 Å². The number of aryl methyl sites for hydroxylation is 1. The van der Waals surface area contributed by atoms with E-state index in [2.05, 4.69) is 10.4 Å². The van der Waals surface area contributed by atoms with Crippen molar-refractivity contribution in [3.63, 3.8) is 0 Å². The third-order valence-electron chi connectivity index (χ3n) is 3.38. The fourth-order valence-corrected chi connectivity index (χ4v) is 2.50. The number of rotatable bonds is 4. The minimum atomic E-state index is 0.128. The van der Waals surface area contributed by atoms with Crippen molar-refractivity contribution in [2.75, 3.05) is 0 Å². The summed E-state index contributed by atoms with van der Waals surface area (Å²) < 4.78 is 1.98. The van der Waals surface area contributed by atoms with Crippen molar-refractivity contribution in [3.05, 3.63) is 17.0 Å². The molecule has 94 valence electrons. The predicted molar refractivity (Wildman–Crippen MR) is 66.6 cm³/mol. The molecular formula is C13H21N3O. The van der Waals surface area contributed by atoms with Gasteiger partial charge in [0.2, 0.25) is 5.91 Å². The molecule has 0 radical (unpaired) electrons. The molecule has 1 aliphatic rings. The Morgan fingerprint density at radius 2 is 2.18 bits per heavy atom. The number of hydrogen-bond acceptors (Lipinski definition) is 2. The Balaban J connectivity index is 2.04. The zero-order valence-electron chi connectivity index (χ0n) is 10.8. The Labute approximate surface area is 102 Å². The van der Waals surface area contributed by atoms with Crippen molar-refractivity contribution >= 4 is 5.91 Å². The highest BCUT2D eigenvalue weighted by Gasteiger charge is 2.19. The molecular weight excluding hydrogens is 214 g/mol. The molecule has 17 heavy (non-hydrogen) atoms. The van der Waals surface area contributed by atoms with E-state index in [1.165, 1.54) is 24.1 Å². The number of nitrogens with one attached hydrogen (secondary N) is 1. The van der Waals surface area contributed by atoms with Gasteiger partial charge < -0.3 is 5.32 Å². The van der Waals surface area contributed by atoms with Gasteiger partial charge in [0.05, 0.1) is 12.2 Å². The summed E-state index contributed by atoms with van der Waals surface area (Å²) in [6.07, 6.45) is 6.24. The Hall–Kier alpha value is -1.32. The lowest BCUT2D eigenvalue weighted by atomic mass is 9.96. The van der Waals surface area contributed by atoms with Crippen molar-refractivity contribution in [1.29, 1.82) is 0 Å².